The molecule has 4 heterocycles. The highest BCUT2D eigenvalue weighted by Gasteiger charge is 2.44. The molecule has 1 aromatic heterocycles. The van der Waals surface area contributed by atoms with Gasteiger partial charge in [0.15, 0.2) is 22.7 Å². The van der Waals surface area contributed by atoms with Crippen molar-refractivity contribution < 1.29 is 48.1 Å². The number of para-hydroxylation sites is 6. The van der Waals surface area contributed by atoms with E-state index in [-0.39, 0.29) is 54.7 Å². The van der Waals surface area contributed by atoms with Crippen molar-refractivity contribution in [2.45, 2.75) is 20.3 Å². The predicted octanol–water partition coefficient (Wildman–Crippen LogP) is 13.3. The van der Waals surface area contributed by atoms with Crippen molar-refractivity contribution >= 4 is 56.5 Å². The van der Waals surface area contributed by atoms with Gasteiger partial charge in [-0.2, -0.15) is 9.13 Å². The molecule has 0 bridgehead atoms. The van der Waals surface area contributed by atoms with Gasteiger partial charge in [-0.05, 0) is 195 Å². The minimum Gasteiger partial charge on any atom is -1.00 e. The first-order valence-corrected chi connectivity index (χ1v) is 24.0. The highest BCUT2D eigenvalue weighted by molar-refractivity contribution is 6.00. The molecule has 3 aliphatic heterocycles. The maximum Gasteiger partial charge on any atom is 0.255 e. The molecule has 0 saturated carbocycles. The smallest absolute Gasteiger partial charge is 0.255 e. The molecule has 76 heavy (non-hydrogen) atoms. The normalized spacial score (nSPS) is 13.3. The zero-order valence-corrected chi connectivity index (χ0v) is 40.7. The molecule has 13 rings (SSSR count). The molecular weight excluding hydrogens is 994 g/mol. The third-order valence-electron chi connectivity index (χ3n) is 12.8. The molecule has 9 aromatic carbocycles. The molecule has 0 atom stereocenters. The number of nitrogens with zero attached hydrogens (tertiary/aromatic N) is 6. The summed E-state index contributed by atoms with van der Waals surface area (Å²) in [6.07, 6.45) is 4.48. The van der Waals surface area contributed by atoms with Crippen LogP contribution < -0.4 is 36.6 Å². The maximum atomic E-state index is 14.3. The van der Waals surface area contributed by atoms with Gasteiger partial charge in [-0.1, -0.05) is 43.8 Å². The van der Waals surface area contributed by atoms with Gasteiger partial charge in [0.25, 0.3) is 6.33 Å². The van der Waals surface area contributed by atoms with E-state index in [1.807, 2.05) is 108 Å². The van der Waals surface area contributed by atoms with Gasteiger partial charge in [-0.15, -0.1) is 0 Å². The molecule has 3 aliphatic rings. The maximum absolute atomic E-state index is 14.3. The summed E-state index contributed by atoms with van der Waals surface area (Å²) in [5, 5.41) is 0. The van der Waals surface area contributed by atoms with E-state index in [0.29, 0.717) is 34.4 Å². The zero-order chi connectivity index (χ0) is 50.7. The first-order chi connectivity index (χ1) is 36.2. The Hall–Kier alpha value is -8.78. The van der Waals surface area contributed by atoms with Crippen LogP contribution in [0, 0.1) is 34.9 Å². The first kappa shape index (κ1) is 52.1. The third kappa shape index (κ3) is 10.3. The lowest BCUT2D eigenvalue weighted by atomic mass is 10.2. The molecule has 0 amide bonds. The summed E-state index contributed by atoms with van der Waals surface area (Å²) in [5.41, 5.74) is 9.61. The largest absolute Gasteiger partial charge is 1.00 e. The lowest BCUT2D eigenvalue weighted by Gasteiger charge is -2.34. The Kier molecular flexibility index (Phi) is 15.6. The average molecular weight is 1040 g/mol. The van der Waals surface area contributed by atoms with Gasteiger partial charge in [0, 0.05) is 36.0 Å². The molecule has 0 spiro atoms. The van der Waals surface area contributed by atoms with Gasteiger partial charge < -0.3 is 17.1 Å². The Morgan fingerprint density at radius 1 is 0.342 bits per heavy atom. The summed E-state index contributed by atoms with van der Waals surface area (Å²) in [5.74, 6) is -0.795. The number of hydrogen-bond acceptors (Lipinski definition) is 5. The molecule has 7 nitrogen and oxygen atoms in total. The third-order valence-corrected chi connectivity index (χ3v) is 12.8. The molecule has 0 aliphatic carbocycles. The summed E-state index contributed by atoms with van der Waals surface area (Å²) < 4.78 is 92.5. The number of imidazole rings is 1. The van der Waals surface area contributed by atoms with Gasteiger partial charge >= 0.3 is 0 Å². The van der Waals surface area contributed by atoms with Gasteiger partial charge in [-0.3, -0.25) is 19.6 Å². The van der Waals surface area contributed by atoms with Crippen LogP contribution >= 0.6 is 0 Å². The van der Waals surface area contributed by atoms with Crippen LogP contribution in [0.1, 0.15) is 20.3 Å². The standard InChI is InChI=1S/C38H24F4N4.C19H13F2N2.C4H8O.CH4.ClH/c39-25-9-17-29(18-10-25)43-33-5-1-2-6-34(33)44(30-19-11-26(40)12-20-30)37(43)38-45(31-21-13-27(41)14-22-31)35-7-3-4-8-36(35)46(38)32-23-15-28(42)16-24-32;20-14-5-9-16(10-6-14)22-13-23(17-11-7-15(21)8-12-17)19-4-2-1-3-18(19)22;1-2-4-5-3-1;;/h1-24H;1-13H;1-4H2;1H4;1H/q;+1;;;/p-1. The van der Waals surface area contributed by atoms with Crippen LogP contribution in [0.2, 0.25) is 0 Å². The fourth-order valence-electron chi connectivity index (χ4n) is 9.38. The summed E-state index contributed by atoms with van der Waals surface area (Å²) in [6.45, 7) is 2.00. The Labute approximate surface area is 443 Å². The van der Waals surface area contributed by atoms with Gasteiger partial charge in [-0.25, -0.2) is 26.3 Å². The van der Waals surface area contributed by atoms with E-state index < -0.39 is 0 Å². The Morgan fingerprint density at radius 3 is 0.947 bits per heavy atom. The molecule has 10 aromatic rings. The summed E-state index contributed by atoms with van der Waals surface area (Å²) >= 11 is 0. The van der Waals surface area contributed by atoms with Crippen molar-refractivity contribution in [2.24, 2.45) is 0 Å². The van der Waals surface area contributed by atoms with Crippen molar-refractivity contribution in [3.05, 3.63) is 271 Å². The van der Waals surface area contributed by atoms with E-state index in [0.717, 1.165) is 58.4 Å². The topological polar surface area (TPSA) is 31.0 Å². The van der Waals surface area contributed by atoms with E-state index in [4.69, 9.17) is 4.74 Å². The number of aromatic nitrogens is 2. The van der Waals surface area contributed by atoms with Crippen LogP contribution in [0.5, 0.6) is 0 Å². The summed E-state index contributed by atoms with van der Waals surface area (Å²) in [7, 11) is 0. The number of ether oxygens (including phenoxy) is 1. The number of fused-ring (bicyclic) bond motifs is 3. The summed E-state index contributed by atoms with van der Waals surface area (Å²) in [4.78, 5) is 8.08. The number of anilines is 8. The Balaban J connectivity index is 0.000000196. The molecule has 0 unspecified atom stereocenters. The molecule has 1 fully saturated rings. The predicted molar refractivity (Wildman–Crippen MR) is 286 cm³/mol. The molecule has 382 valence electrons. The summed E-state index contributed by atoms with van der Waals surface area (Å²) in [6, 6.07) is 61.0. The highest BCUT2D eigenvalue weighted by atomic mass is 35.5. The lowest BCUT2D eigenvalue weighted by molar-refractivity contribution is -0.567. The van der Waals surface area contributed by atoms with Crippen LogP contribution in [0.25, 0.3) is 22.4 Å². The van der Waals surface area contributed by atoms with E-state index in [1.165, 1.54) is 85.6 Å². The van der Waals surface area contributed by atoms with Crippen LogP contribution in [-0.4, -0.2) is 17.8 Å². The molecule has 0 N–H and O–H groups in total. The number of benzene rings is 9. The molecule has 14 heteroatoms. The zero-order valence-electron chi connectivity index (χ0n) is 39.9. The van der Waals surface area contributed by atoms with Crippen LogP contribution in [0.4, 0.5) is 71.8 Å². The van der Waals surface area contributed by atoms with E-state index in [1.54, 1.807) is 72.8 Å². The van der Waals surface area contributed by atoms with Crippen molar-refractivity contribution in [1.29, 1.82) is 0 Å². The minimum atomic E-state index is -0.380. The monoisotopic (exact) mass is 1040 g/mol. The van der Waals surface area contributed by atoms with Gasteiger partial charge in [0.2, 0.25) is 0 Å². The lowest BCUT2D eigenvalue weighted by Crippen LogP contribution is -3.00. The second-order valence-electron chi connectivity index (χ2n) is 17.5. The Bertz CT molecular complexity index is 3220. The van der Waals surface area contributed by atoms with Gasteiger partial charge in [0.1, 0.15) is 46.3 Å². The number of rotatable bonds is 6. The second kappa shape index (κ2) is 22.8. The highest BCUT2D eigenvalue weighted by Crippen LogP contribution is 2.57. The fraction of sp³-hybridized carbons (Fsp3) is 0.0806. The van der Waals surface area contributed by atoms with E-state index in [2.05, 4.69) is 0 Å². The SMILES string of the molecule is C.C1CCOC1.Fc1ccc(-n2c[n+](-c3ccc(F)cc3)c3ccccc32)cc1.Fc1ccc(N2C(=C3N(c4ccc(F)cc4)c4ccccc4N3c3ccc(F)cc3)N(c3ccc(F)cc3)c3ccccc32)cc1.[Cl-]. The van der Waals surface area contributed by atoms with Gasteiger partial charge in [0.05, 0.1) is 22.7 Å². The van der Waals surface area contributed by atoms with Crippen molar-refractivity contribution in [3.8, 4) is 11.4 Å². The van der Waals surface area contributed by atoms with E-state index >= 15 is 0 Å². The minimum absolute atomic E-state index is 0. The van der Waals surface area contributed by atoms with E-state index in [9.17, 15) is 26.3 Å². The quantitative estimate of drug-likeness (QED) is 0.122. The number of hydrogen-bond donors (Lipinski definition) is 0. The van der Waals surface area contributed by atoms with Crippen molar-refractivity contribution in [3.63, 3.8) is 0 Å². The van der Waals surface area contributed by atoms with Crippen molar-refractivity contribution in [1.82, 2.24) is 4.57 Å². The molecule has 0 radical (unpaired) electrons. The first-order valence-electron chi connectivity index (χ1n) is 24.0. The van der Waals surface area contributed by atoms with Crippen LogP contribution in [-0.2, 0) is 4.74 Å². The van der Waals surface area contributed by atoms with Crippen LogP contribution in [0.15, 0.2) is 236 Å². The molecular formula is C62H49ClF6N6O. The Morgan fingerprint density at radius 2 is 0.632 bits per heavy atom. The van der Waals surface area contributed by atoms with Crippen molar-refractivity contribution in [2.75, 3.05) is 32.8 Å². The van der Waals surface area contributed by atoms with Crippen LogP contribution in [0.3, 0.4) is 0 Å². The average Bonchev–Trinajstić information content (AvgIpc) is 4.32. The molecule has 1 saturated heterocycles. The number of halogens is 7. The fourth-order valence-corrected chi connectivity index (χ4v) is 9.38. The second-order valence-corrected chi connectivity index (χ2v) is 17.5.